The number of urea groups is 1. The van der Waals surface area contributed by atoms with Crippen LogP contribution < -0.4 is 16.0 Å². The molecule has 1 fully saturated rings. The molecule has 9 heteroatoms. The van der Waals surface area contributed by atoms with Crippen molar-refractivity contribution in [3.63, 3.8) is 0 Å². The van der Waals surface area contributed by atoms with Crippen molar-refractivity contribution in [2.75, 3.05) is 18.5 Å². The number of hydrogen-bond acceptors (Lipinski definition) is 4. The Morgan fingerprint density at radius 2 is 1.87 bits per heavy atom. The van der Waals surface area contributed by atoms with Gasteiger partial charge in [0.2, 0.25) is 0 Å². The van der Waals surface area contributed by atoms with Crippen LogP contribution in [-0.4, -0.2) is 48.4 Å². The minimum Gasteiger partial charge on any atom is -0.394 e. The van der Waals surface area contributed by atoms with Crippen LogP contribution in [0.2, 0.25) is 5.02 Å². The minimum absolute atomic E-state index is 0.00346. The molecule has 0 aliphatic carbocycles. The Labute approximate surface area is 184 Å². The van der Waals surface area contributed by atoms with Crippen LogP contribution in [-0.2, 0) is 4.74 Å². The zero-order chi connectivity index (χ0) is 22.2. The lowest BCUT2D eigenvalue weighted by Crippen LogP contribution is -2.52. The number of aliphatic hydroxyl groups is 1. The third-order valence-corrected chi connectivity index (χ3v) is 5.34. The Bertz CT molecular complexity index is 897. The van der Waals surface area contributed by atoms with Crippen LogP contribution in [0.1, 0.15) is 29.6 Å². The summed E-state index contributed by atoms with van der Waals surface area (Å²) in [6.07, 6.45) is 1.04. The molecule has 3 rings (SSSR count). The fraction of sp³-hybridized carbons (Fsp3) is 0.364. The molecule has 1 saturated heterocycles. The highest BCUT2D eigenvalue weighted by molar-refractivity contribution is 6.30. The first kappa shape index (κ1) is 23.0. The second-order valence-corrected chi connectivity index (χ2v) is 7.73. The van der Waals surface area contributed by atoms with Crippen molar-refractivity contribution in [3.05, 3.63) is 64.9 Å². The smallest absolute Gasteiger partial charge is 0.319 e. The number of nitrogens with one attached hydrogen (secondary N) is 3. The van der Waals surface area contributed by atoms with Crippen molar-refractivity contribution in [3.8, 4) is 0 Å². The quantitative estimate of drug-likeness (QED) is 0.521. The topological polar surface area (TPSA) is 99.7 Å². The van der Waals surface area contributed by atoms with Gasteiger partial charge in [0.05, 0.1) is 24.3 Å². The van der Waals surface area contributed by atoms with E-state index in [4.69, 9.17) is 16.3 Å². The number of hydrogen-bond donors (Lipinski definition) is 4. The first-order valence-electron chi connectivity index (χ1n) is 10.1. The molecule has 1 heterocycles. The summed E-state index contributed by atoms with van der Waals surface area (Å²) in [5.74, 6) is -1.05. The summed E-state index contributed by atoms with van der Waals surface area (Å²) in [5.41, 5.74) is 0.596. The number of carbonyl (C=O) groups excluding carboxylic acids is 2. The molecule has 0 aromatic heterocycles. The summed E-state index contributed by atoms with van der Waals surface area (Å²) >= 11 is 5.83. The Kier molecular flexibility index (Phi) is 8.22. The minimum atomic E-state index is -0.569. The van der Waals surface area contributed by atoms with E-state index in [0.717, 1.165) is 0 Å². The highest BCUT2D eigenvalue weighted by Crippen LogP contribution is 2.22. The van der Waals surface area contributed by atoms with E-state index in [-0.39, 0.29) is 24.3 Å². The monoisotopic (exact) mass is 449 g/mol. The molecule has 1 aliphatic rings. The number of anilines is 1. The molecule has 0 radical (unpaired) electrons. The second kappa shape index (κ2) is 11.1. The van der Waals surface area contributed by atoms with Crippen LogP contribution in [0.3, 0.4) is 0 Å². The Balaban J connectivity index is 1.43. The van der Waals surface area contributed by atoms with Gasteiger partial charge in [0.1, 0.15) is 11.9 Å². The van der Waals surface area contributed by atoms with E-state index >= 15 is 0 Å². The summed E-state index contributed by atoms with van der Waals surface area (Å²) in [7, 11) is 0. The number of amides is 3. The molecule has 2 aromatic rings. The van der Waals surface area contributed by atoms with Crippen LogP contribution in [0.4, 0.5) is 14.9 Å². The highest BCUT2D eigenvalue weighted by atomic mass is 35.5. The molecule has 0 saturated carbocycles. The van der Waals surface area contributed by atoms with Crippen LogP contribution in [0.5, 0.6) is 0 Å². The first-order chi connectivity index (χ1) is 15.0. The predicted molar refractivity (Wildman–Crippen MR) is 116 cm³/mol. The van der Waals surface area contributed by atoms with Gasteiger partial charge in [-0.2, -0.15) is 0 Å². The number of benzene rings is 2. The molecule has 4 N–H and O–H groups in total. The summed E-state index contributed by atoms with van der Waals surface area (Å²) in [4.78, 5) is 24.3. The number of carbonyl (C=O) groups is 2. The predicted octanol–water partition coefficient (Wildman–Crippen LogP) is 3.33. The van der Waals surface area contributed by atoms with Crippen LogP contribution in [0.15, 0.2) is 48.5 Å². The van der Waals surface area contributed by atoms with E-state index in [1.807, 2.05) is 0 Å². The molecule has 1 aliphatic heterocycles. The molecule has 0 bridgehead atoms. The van der Waals surface area contributed by atoms with Gasteiger partial charge in [-0.3, -0.25) is 4.79 Å². The Hall–Kier alpha value is -2.68. The third-order valence-electron chi connectivity index (χ3n) is 5.08. The van der Waals surface area contributed by atoms with Crippen LogP contribution >= 0.6 is 11.6 Å². The normalized spacial score (nSPS) is 20.7. The van der Waals surface area contributed by atoms with Crippen LogP contribution in [0.25, 0.3) is 0 Å². The molecule has 2 aromatic carbocycles. The van der Waals surface area contributed by atoms with E-state index in [9.17, 15) is 19.1 Å². The van der Waals surface area contributed by atoms with Gasteiger partial charge in [0.15, 0.2) is 0 Å². The molecule has 3 atom stereocenters. The van der Waals surface area contributed by atoms with Gasteiger partial charge in [-0.15, -0.1) is 0 Å². The van der Waals surface area contributed by atoms with E-state index < -0.39 is 23.9 Å². The Morgan fingerprint density at radius 1 is 1.13 bits per heavy atom. The second-order valence-electron chi connectivity index (χ2n) is 7.29. The lowest BCUT2D eigenvalue weighted by Gasteiger charge is -2.36. The third kappa shape index (κ3) is 6.65. The van der Waals surface area contributed by atoms with Crippen molar-refractivity contribution in [2.24, 2.45) is 0 Å². The SMILES string of the molecule is O=C(Nc1ccc(Cl)cc1)N[C@H]1CC[C@H](CCNC(=O)c2ccccc2F)O[C@@H]1CO. The number of rotatable bonds is 7. The zero-order valence-electron chi connectivity index (χ0n) is 16.8. The standard InChI is InChI=1S/C22H25ClFN3O4/c23-14-5-7-15(8-6-14)26-22(30)27-19-10-9-16(31-20(19)13-28)11-12-25-21(29)17-3-1-2-4-18(17)24/h1-8,16,19-20,28H,9-13H2,(H,25,29)(H2,26,27,30)/t16-,19+,20-/m1/s1. The van der Waals surface area contributed by atoms with Gasteiger partial charge in [-0.25, -0.2) is 9.18 Å². The largest absolute Gasteiger partial charge is 0.394 e. The summed E-state index contributed by atoms with van der Waals surface area (Å²) < 4.78 is 19.6. The molecule has 7 nitrogen and oxygen atoms in total. The van der Waals surface area contributed by atoms with Crippen molar-refractivity contribution < 1.29 is 23.8 Å². The summed E-state index contributed by atoms with van der Waals surface area (Å²) in [6, 6.07) is 11.8. The van der Waals surface area contributed by atoms with Gasteiger partial charge in [-0.1, -0.05) is 23.7 Å². The van der Waals surface area contributed by atoms with E-state index in [0.29, 0.717) is 36.5 Å². The van der Waals surface area contributed by atoms with Gasteiger partial charge in [0.25, 0.3) is 5.91 Å². The lowest BCUT2D eigenvalue weighted by molar-refractivity contribution is -0.0886. The average molecular weight is 450 g/mol. The number of aliphatic hydroxyl groups excluding tert-OH is 1. The van der Waals surface area contributed by atoms with Crippen molar-refractivity contribution in [1.82, 2.24) is 10.6 Å². The van der Waals surface area contributed by atoms with Crippen LogP contribution in [0, 0.1) is 5.82 Å². The highest BCUT2D eigenvalue weighted by Gasteiger charge is 2.31. The summed E-state index contributed by atoms with van der Waals surface area (Å²) in [6.45, 7) is 0.0646. The fourth-order valence-corrected chi connectivity index (χ4v) is 3.59. The van der Waals surface area contributed by atoms with E-state index in [2.05, 4.69) is 16.0 Å². The number of ether oxygens (including phenoxy) is 1. The maximum absolute atomic E-state index is 13.7. The van der Waals surface area contributed by atoms with Gasteiger partial charge < -0.3 is 25.8 Å². The van der Waals surface area contributed by atoms with E-state index in [1.165, 1.54) is 18.2 Å². The fourth-order valence-electron chi connectivity index (χ4n) is 3.47. The maximum atomic E-state index is 13.7. The Morgan fingerprint density at radius 3 is 2.58 bits per heavy atom. The molecule has 0 unspecified atom stereocenters. The first-order valence-corrected chi connectivity index (χ1v) is 10.5. The van der Waals surface area contributed by atoms with Crippen molar-refractivity contribution >= 4 is 29.2 Å². The molecule has 0 spiro atoms. The molecule has 166 valence electrons. The number of halogens is 2. The van der Waals surface area contributed by atoms with E-state index in [1.54, 1.807) is 30.3 Å². The lowest BCUT2D eigenvalue weighted by atomic mass is 9.97. The van der Waals surface area contributed by atoms with Crippen molar-refractivity contribution in [1.29, 1.82) is 0 Å². The van der Waals surface area contributed by atoms with Gasteiger partial charge in [0, 0.05) is 17.3 Å². The molecular formula is C22H25ClFN3O4. The molecule has 3 amide bonds. The maximum Gasteiger partial charge on any atom is 0.319 e. The zero-order valence-corrected chi connectivity index (χ0v) is 17.6. The average Bonchev–Trinajstić information content (AvgIpc) is 2.76. The van der Waals surface area contributed by atoms with Gasteiger partial charge in [-0.05, 0) is 55.7 Å². The van der Waals surface area contributed by atoms with Gasteiger partial charge >= 0.3 is 6.03 Å². The molecular weight excluding hydrogens is 425 g/mol. The summed E-state index contributed by atoms with van der Waals surface area (Å²) in [5, 5.41) is 18.5. The van der Waals surface area contributed by atoms with Crippen molar-refractivity contribution in [2.45, 2.75) is 37.5 Å². The molecule has 31 heavy (non-hydrogen) atoms.